The minimum Gasteiger partial charge on any atom is -0.282 e. The number of hydrogen-bond acceptors (Lipinski definition) is 2. The minimum atomic E-state index is -4.18. The van der Waals surface area contributed by atoms with Crippen molar-refractivity contribution in [1.82, 2.24) is 0 Å². The molecule has 0 atom stereocenters. The van der Waals surface area contributed by atoms with Gasteiger partial charge in [0.2, 0.25) is 0 Å². The van der Waals surface area contributed by atoms with Gasteiger partial charge in [-0.1, -0.05) is 42.8 Å². The molecule has 0 aliphatic heterocycles. The van der Waals surface area contributed by atoms with Gasteiger partial charge in [-0.2, -0.15) is 8.42 Å². The Morgan fingerprint density at radius 3 is 2.06 bits per heavy atom. The van der Waals surface area contributed by atoms with Crippen molar-refractivity contribution < 1.29 is 13.0 Å². The van der Waals surface area contributed by atoms with Crippen molar-refractivity contribution in [3.63, 3.8) is 0 Å². The van der Waals surface area contributed by atoms with Crippen LogP contribution in [0.4, 0.5) is 0 Å². The third-order valence-corrected chi connectivity index (χ3v) is 4.86. The van der Waals surface area contributed by atoms with Crippen molar-refractivity contribution in [2.45, 2.75) is 44.9 Å². The molecular weight excluding hydrogens is 304 g/mol. The average Bonchev–Trinajstić information content (AvgIpc) is 2.07. The van der Waals surface area contributed by atoms with Crippen LogP contribution in [0.2, 0.25) is 0 Å². The van der Waals surface area contributed by atoms with Crippen LogP contribution in [0, 0.1) is 13.8 Å². The molecule has 0 aliphatic carbocycles. The average molecular weight is 321 g/mol. The molecule has 1 N–H and O–H groups in total. The normalized spacial score (nSPS) is 12.9. The largest absolute Gasteiger partial charge is 0.295 e. The van der Waals surface area contributed by atoms with Gasteiger partial charge >= 0.3 is 0 Å². The lowest BCUT2D eigenvalue weighted by molar-refractivity contribution is 0.481. The fourth-order valence-electron chi connectivity index (χ4n) is 1.89. The summed E-state index contributed by atoms with van der Waals surface area (Å²) in [5, 5.41) is 0. The van der Waals surface area contributed by atoms with Crippen LogP contribution in [0.5, 0.6) is 0 Å². The number of hydrogen-bond donors (Lipinski definition) is 1. The highest BCUT2D eigenvalue weighted by Crippen LogP contribution is 2.36. The zero-order chi connectivity index (χ0) is 13.6. The molecule has 17 heavy (non-hydrogen) atoms. The molecule has 0 fully saturated rings. The lowest BCUT2D eigenvalue weighted by Crippen LogP contribution is -2.15. The van der Waals surface area contributed by atoms with E-state index in [2.05, 4.69) is 36.7 Å². The van der Waals surface area contributed by atoms with Gasteiger partial charge in [0, 0.05) is 4.47 Å². The molecule has 0 radical (unpaired) electrons. The van der Waals surface area contributed by atoms with Crippen LogP contribution in [0.1, 0.15) is 37.5 Å². The number of aryl methyl sites for hydroxylation is 1. The maximum atomic E-state index is 11.3. The standard InChI is InChI=1S/C12H17BrO3S/c1-7-6-9(12(3,4)5)10(13)8(2)11(7)17(14,15)16/h6H,1-5H3,(H,14,15,16). The molecule has 96 valence electrons. The van der Waals surface area contributed by atoms with E-state index in [4.69, 9.17) is 0 Å². The molecule has 1 rings (SSSR count). The Kier molecular flexibility index (Phi) is 3.77. The van der Waals surface area contributed by atoms with Crippen LogP contribution in [0.15, 0.2) is 15.4 Å². The smallest absolute Gasteiger partial charge is 0.282 e. The Morgan fingerprint density at radius 2 is 1.71 bits per heavy atom. The van der Waals surface area contributed by atoms with Gasteiger partial charge < -0.3 is 0 Å². The van der Waals surface area contributed by atoms with Crippen LogP contribution in [0.25, 0.3) is 0 Å². The summed E-state index contributed by atoms with van der Waals surface area (Å²) in [4.78, 5) is -0.00243. The highest BCUT2D eigenvalue weighted by atomic mass is 79.9. The molecule has 0 saturated carbocycles. The number of benzene rings is 1. The number of halogens is 1. The van der Waals surface area contributed by atoms with Gasteiger partial charge in [-0.3, -0.25) is 4.55 Å². The van der Waals surface area contributed by atoms with Crippen LogP contribution in [-0.4, -0.2) is 13.0 Å². The monoisotopic (exact) mass is 320 g/mol. The maximum absolute atomic E-state index is 11.3. The van der Waals surface area contributed by atoms with Crippen molar-refractivity contribution in [3.8, 4) is 0 Å². The Bertz CT molecular complexity index is 554. The fourth-order valence-corrected chi connectivity index (χ4v) is 3.88. The van der Waals surface area contributed by atoms with Crippen molar-refractivity contribution in [3.05, 3.63) is 27.2 Å². The van der Waals surface area contributed by atoms with E-state index in [1.54, 1.807) is 19.9 Å². The van der Waals surface area contributed by atoms with Gasteiger partial charge in [0.25, 0.3) is 10.1 Å². The molecule has 5 heteroatoms. The van der Waals surface area contributed by atoms with Crippen molar-refractivity contribution >= 4 is 26.0 Å². The third-order valence-electron chi connectivity index (χ3n) is 2.69. The minimum absolute atomic E-state index is 0.00243. The molecule has 0 bridgehead atoms. The highest BCUT2D eigenvalue weighted by Gasteiger charge is 2.25. The lowest BCUT2D eigenvalue weighted by atomic mass is 9.85. The highest BCUT2D eigenvalue weighted by molar-refractivity contribution is 9.10. The summed E-state index contributed by atoms with van der Waals surface area (Å²) < 4.78 is 32.6. The quantitative estimate of drug-likeness (QED) is 0.804. The van der Waals surface area contributed by atoms with Crippen molar-refractivity contribution in [2.75, 3.05) is 0 Å². The van der Waals surface area contributed by atoms with Gasteiger partial charge in [-0.25, -0.2) is 0 Å². The van der Waals surface area contributed by atoms with E-state index >= 15 is 0 Å². The van der Waals surface area contributed by atoms with Crippen molar-refractivity contribution in [2.24, 2.45) is 0 Å². The Labute approximate surface area is 111 Å². The summed E-state index contributed by atoms with van der Waals surface area (Å²) in [6.07, 6.45) is 0. The van der Waals surface area contributed by atoms with Gasteiger partial charge in [0.15, 0.2) is 0 Å². The van der Waals surface area contributed by atoms with E-state index in [9.17, 15) is 13.0 Å². The first-order chi connectivity index (χ1) is 7.46. The summed E-state index contributed by atoms with van der Waals surface area (Å²) in [7, 11) is -4.18. The van der Waals surface area contributed by atoms with E-state index in [0.717, 1.165) is 10.0 Å². The molecule has 0 amide bonds. The molecule has 1 aromatic carbocycles. The Balaban J connectivity index is 3.72. The predicted molar refractivity (Wildman–Crippen MR) is 72.1 cm³/mol. The summed E-state index contributed by atoms with van der Waals surface area (Å²) in [5.41, 5.74) is 2.06. The lowest BCUT2D eigenvalue weighted by Gasteiger charge is -2.24. The van der Waals surface area contributed by atoms with Gasteiger partial charge in [-0.05, 0) is 36.0 Å². The van der Waals surface area contributed by atoms with Gasteiger partial charge in [0.05, 0.1) is 0 Å². The maximum Gasteiger partial charge on any atom is 0.295 e. The predicted octanol–water partition coefficient (Wildman–Crippen LogP) is 3.61. The molecule has 0 unspecified atom stereocenters. The van der Waals surface area contributed by atoms with Gasteiger partial charge in [-0.15, -0.1) is 0 Å². The van der Waals surface area contributed by atoms with Crippen LogP contribution in [0.3, 0.4) is 0 Å². The second-order valence-electron chi connectivity index (χ2n) is 5.23. The summed E-state index contributed by atoms with van der Waals surface area (Å²) >= 11 is 3.42. The van der Waals surface area contributed by atoms with E-state index in [0.29, 0.717) is 11.1 Å². The van der Waals surface area contributed by atoms with Gasteiger partial charge in [0.1, 0.15) is 4.90 Å². The molecule has 3 nitrogen and oxygen atoms in total. The number of rotatable bonds is 1. The second-order valence-corrected chi connectivity index (χ2v) is 7.39. The summed E-state index contributed by atoms with van der Waals surface area (Å²) in [6, 6.07) is 1.81. The van der Waals surface area contributed by atoms with E-state index in [1.807, 2.05) is 0 Å². The summed E-state index contributed by atoms with van der Waals surface area (Å²) in [6.45, 7) is 9.55. The summed E-state index contributed by atoms with van der Waals surface area (Å²) in [5.74, 6) is 0. The first-order valence-electron chi connectivity index (χ1n) is 5.24. The van der Waals surface area contributed by atoms with Crippen LogP contribution >= 0.6 is 15.9 Å². The van der Waals surface area contributed by atoms with Crippen LogP contribution < -0.4 is 0 Å². The first-order valence-corrected chi connectivity index (χ1v) is 7.47. The molecule has 0 aliphatic rings. The molecule has 0 heterocycles. The fraction of sp³-hybridized carbons (Fsp3) is 0.500. The van der Waals surface area contributed by atoms with Crippen LogP contribution in [-0.2, 0) is 15.5 Å². The molecular formula is C12H17BrO3S. The molecule has 0 saturated heterocycles. The first kappa shape index (κ1) is 14.7. The zero-order valence-corrected chi connectivity index (χ0v) is 13.0. The van der Waals surface area contributed by atoms with Crippen molar-refractivity contribution in [1.29, 1.82) is 0 Å². The Morgan fingerprint density at radius 1 is 1.24 bits per heavy atom. The zero-order valence-electron chi connectivity index (χ0n) is 10.6. The molecule has 0 spiro atoms. The molecule has 1 aromatic rings. The Hall–Kier alpha value is -0.390. The topological polar surface area (TPSA) is 54.4 Å². The second kappa shape index (κ2) is 4.37. The van der Waals surface area contributed by atoms with E-state index in [-0.39, 0.29) is 10.3 Å². The third kappa shape index (κ3) is 2.89. The van der Waals surface area contributed by atoms with E-state index in [1.165, 1.54) is 0 Å². The molecule has 0 aromatic heterocycles. The SMILES string of the molecule is Cc1cc(C(C)(C)C)c(Br)c(C)c1S(=O)(=O)O. The van der Waals surface area contributed by atoms with E-state index < -0.39 is 10.1 Å².